The van der Waals surface area contributed by atoms with Crippen LogP contribution in [-0.4, -0.2) is 16.5 Å². The first-order chi connectivity index (χ1) is 8.70. The van der Waals surface area contributed by atoms with E-state index >= 15 is 0 Å². The molecule has 2 rings (SSSR count). The molecule has 0 aliphatic heterocycles. The molecule has 0 atom stereocenters. The molecule has 3 nitrogen and oxygen atoms in total. The van der Waals surface area contributed by atoms with Crippen molar-refractivity contribution in [1.29, 1.82) is 0 Å². The van der Waals surface area contributed by atoms with E-state index in [0.29, 0.717) is 18.1 Å². The third kappa shape index (κ3) is 2.80. The highest BCUT2D eigenvalue weighted by Crippen LogP contribution is 2.21. The minimum absolute atomic E-state index is 0.100. The van der Waals surface area contributed by atoms with Crippen LogP contribution in [0.15, 0.2) is 30.5 Å². The number of nitrogens with zero attached hydrogens (tertiary/aromatic N) is 2. The van der Waals surface area contributed by atoms with Gasteiger partial charge in [0.25, 0.3) is 0 Å². The molecule has 0 aliphatic rings. The lowest BCUT2D eigenvalue weighted by Crippen LogP contribution is -2.05. The summed E-state index contributed by atoms with van der Waals surface area (Å²) in [5, 5.41) is 2.96. The van der Waals surface area contributed by atoms with Crippen molar-refractivity contribution in [2.45, 2.75) is 13.3 Å². The molecule has 2 aromatic rings. The van der Waals surface area contributed by atoms with Crippen molar-refractivity contribution in [2.75, 3.05) is 11.9 Å². The minimum Gasteiger partial charge on any atom is -0.354 e. The van der Waals surface area contributed by atoms with Gasteiger partial charge in [-0.2, -0.15) is 0 Å². The van der Waals surface area contributed by atoms with Gasteiger partial charge in [-0.3, -0.25) is 0 Å². The Labute approximate surface area is 104 Å². The molecule has 0 bridgehead atoms. The van der Waals surface area contributed by atoms with Gasteiger partial charge in [0.1, 0.15) is 11.5 Å². The quantitative estimate of drug-likeness (QED) is 0.903. The van der Waals surface area contributed by atoms with Crippen LogP contribution in [-0.2, 0) is 0 Å². The molecule has 18 heavy (non-hydrogen) atoms. The van der Waals surface area contributed by atoms with Crippen LogP contribution < -0.4 is 5.32 Å². The van der Waals surface area contributed by atoms with Crippen molar-refractivity contribution < 1.29 is 8.78 Å². The van der Waals surface area contributed by atoms with Gasteiger partial charge in [0.2, 0.25) is 5.95 Å². The molecule has 0 radical (unpaired) electrons. The van der Waals surface area contributed by atoms with Crippen LogP contribution in [0.2, 0.25) is 0 Å². The van der Waals surface area contributed by atoms with Crippen LogP contribution in [0.4, 0.5) is 14.7 Å². The molecule has 0 saturated heterocycles. The zero-order chi connectivity index (χ0) is 13.0. The number of nitrogens with one attached hydrogen (secondary N) is 1. The number of rotatable bonds is 4. The van der Waals surface area contributed by atoms with Crippen molar-refractivity contribution in [3.63, 3.8) is 0 Å². The third-order valence-electron chi connectivity index (χ3n) is 2.38. The van der Waals surface area contributed by atoms with Gasteiger partial charge in [-0.1, -0.05) is 19.1 Å². The number of hydrogen-bond donors (Lipinski definition) is 1. The van der Waals surface area contributed by atoms with Crippen molar-refractivity contribution >= 4 is 5.95 Å². The van der Waals surface area contributed by atoms with Gasteiger partial charge < -0.3 is 5.32 Å². The highest BCUT2D eigenvalue weighted by molar-refractivity contribution is 5.60. The lowest BCUT2D eigenvalue weighted by atomic mass is 10.1. The average Bonchev–Trinajstić information content (AvgIpc) is 2.38. The first-order valence-corrected chi connectivity index (χ1v) is 5.73. The largest absolute Gasteiger partial charge is 0.354 e. The first kappa shape index (κ1) is 12.4. The fourth-order valence-electron chi connectivity index (χ4n) is 1.53. The topological polar surface area (TPSA) is 37.8 Å². The van der Waals surface area contributed by atoms with Gasteiger partial charge >= 0.3 is 0 Å². The van der Waals surface area contributed by atoms with Crippen molar-refractivity contribution in [3.05, 3.63) is 42.1 Å². The molecule has 1 heterocycles. The number of aromatic nitrogens is 2. The van der Waals surface area contributed by atoms with Crippen LogP contribution in [0, 0.1) is 11.6 Å². The molecule has 94 valence electrons. The van der Waals surface area contributed by atoms with E-state index in [4.69, 9.17) is 0 Å². The Morgan fingerprint density at radius 2 is 2.11 bits per heavy atom. The Bertz CT molecular complexity index is 544. The molecule has 5 heteroatoms. The van der Waals surface area contributed by atoms with Crippen molar-refractivity contribution in [3.8, 4) is 11.3 Å². The van der Waals surface area contributed by atoms with E-state index < -0.39 is 11.6 Å². The highest BCUT2D eigenvalue weighted by Gasteiger charge is 2.09. The van der Waals surface area contributed by atoms with Gasteiger partial charge in [-0.25, -0.2) is 18.7 Å². The summed E-state index contributed by atoms with van der Waals surface area (Å²) in [6.07, 6.45) is 2.00. The molecule has 0 saturated carbocycles. The van der Waals surface area contributed by atoms with Gasteiger partial charge in [0, 0.05) is 12.1 Å². The predicted octanol–water partition coefficient (Wildman–Crippen LogP) is 3.24. The molecule has 0 fully saturated rings. The Hall–Kier alpha value is -2.04. The Kier molecular flexibility index (Phi) is 3.82. The first-order valence-electron chi connectivity index (χ1n) is 5.73. The second-order valence-electron chi connectivity index (χ2n) is 3.83. The summed E-state index contributed by atoms with van der Waals surface area (Å²) in [4.78, 5) is 7.89. The maximum absolute atomic E-state index is 13.6. The maximum atomic E-state index is 13.6. The lowest BCUT2D eigenvalue weighted by Gasteiger charge is -2.06. The van der Waals surface area contributed by atoms with Crippen molar-refractivity contribution in [1.82, 2.24) is 9.97 Å². The van der Waals surface area contributed by atoms with Gasteiger partial charge in [0.05, 0.1) is 6.20 Å². The van der Waals surface area contributed by atoms with E-state index in [1.807, 2.05) is 6.92 Å². The summed E-state index contributed by atoms with van der Waals surface area (Å²) in [6.45, 7) is 2.71. The lowest BCUT2D eigenvalue weighted by molar-refractivity contribution is 0.616. The van der Waals surface area contributed by atoms with E-state index in [2.05, 4.69) is 15.3 Å². The zero-order valence-corrected chi connectivity index (χ0v) is 9.95. The zero-order valence-electron chi connectivity index (χ0n) is 9.95. The summed E-state index contributed by atoms with van der Waals surface area (Å²) in [7, 11) is 0. The van der Waals surface area contributed by atoms with Crippen LogP contribution >= 0.6 is 0 Å². The van der Waals surface area contributed by atoms with Gasteiger partial charge in [-0.05, 0) is 18.6 Å². The van der Waals surface area contributed by atoms with Gasteiger partial charge in [0.15, 0.2) is 5.82 Å². The van der Waals surface area contributed by atoms with Crippen LogP contribution in [0.1, 0.15) is 13.3 Å². The number of hydrogen-bond acceptors (Lipinski definition) is 3. The predicted molar refractivity (Wildman–Crippen MR) is 66.2 cm³/mol. The summed E-state index contributed by atoms with van der Waals surface area (Å²) in [6, 6.07) is 5.68. The van der Waals surface area contributed by atoms with E-state index in [0.717, 1.165) is 12.6 Å². The second-order valence-corrected chi connectivity index (χ2v) is 3.83. The normalized spacial score (nSPS) is 10.4. The fraction of sp³-hybridized carbons (Fsp3) is 0.231. The van der Waals surface area contributed by atoms with Gasteiger partial charge in [-0.15, -0.1) is 0 Å². The molecule has 1 aromatic heterocycles. The number of halogens is 2. The van der Waals surface area contributed by atoms with E-state index in [1.165, 1.54) is 18.2 Å². The fourth-order valence-corrected chi connectivity index (χ4v) is 1.53. The number of benzene rings is 1. The molecular weight excluding hydrogens is 236 g/mol. The Balaban J connectivity index is 2.37. The molecule has 0 aliphatic carbocycles. The summed E-state index contributed by atoms with van der Waals surface area (Å²) >= 11 is 0. The smallest absolute Gasteiger partial charge is 0.223 e. The monoisotopic (exact) mass is 249 g/mol. The van der Waals surface area contributed by atoms with E-state index in [1.54, 1.807) is 6.07 Å². The van der Waals surface area contributed by atoms with E-state index in [-0.39, 0.29) is 5.69 Å². The standard InChI is InChI=1S/C13H13F2N3/c1-2-6-16-13-17-8-11(15)12(18-13)9-4-3-5-10(14)7-9/h3-5,7-8H,2,6H2,1H3,(H,16,17,18). The molecule has 0 amide bonds. The van der Waals surface area contributed by atoms with Crippen molar-refractivity contribution in [2.24, 2.45) is 0 Å². The van der Waals surface area contributed by atoms with Crippen LogP contribution in [0.3, 0.4) is 0 Å². The Morgan fingerprint density at radius 1 is 1.28 bits per heavy atom. The molecule has 1 N–H and O–H groups in total. The Morgan fingerprint density at radius 3 is 2.83 bits per heavy atom. The van der Waals surface area contributed by atoms with Crippen LogP contribution in [0.25, 0.3) is 11.3 Å². The molecular formula is C13H13F2N3. The molecule has 1 aromatic carbocycles. The second kappa shape index (κ2) is 5.53. The molecule has 0 unspecified atom stereocenters. The summed E-state index contributed by atoms with van der Waals surface area (Å²) in [5.41, 5.74) is 0.498. The minimum atomic E-state index is -0.567. The summed E-state index contributed by atoms with van der Waals surface area (Å²) < 4.78 is 26.7. The molecule has 0 spiro atoms. The van der Waals surface area contributed by atoms with Crippen LogP contribution in [0.5, 0.6) is 0 Å². The van der Waals surface area contributed by atoms with E-state index in [9.17, 15) is 8.78 Å². The highest BCUT2D eigenvalue weighted by atomic mass is 19.1. The SMILES string of the molecule is CCCNc1ncc(F)c(-c2cccc(F)c2)n1. The summed E-state index contributed by atoms with van der Waals surface area (Å²) in [5.74, 6) is -0.645. The maximum Gasteiger partial charge on any atom is 0.223 e. The third-order valence-corrected chi connectivity index (χ3v) is 2.38. The average molecular weight is 249 g/mol. The number of anilines is 1.